The van der Waals surface area contributed by atoms with E-state index in [4.69, 9.17) is 11.6 Å². The molecule has 158 valence electrons. The highest BCUT2D eigenvalue weighted by Gasteiger charge is 2.25. The van der Waals surface area contributed by atoms with Gasteiger partial charge in [-0.05, 0) is 48.6 Å². The summed E-state index contributed by atoms with van der Waals surface area (Å²) in [5, 5.41) is 7.29. The van der Waals surface area contributed by atoms with Gasteiger partial charge in [0.2, 0.25) is 0 Å². The number of pyridine rings is 1. The Hall–Kier alpha value is -3.05. The SMILES string of the molecule is Cc1ccc(Cl)c(CN2CCNc3ncc(C(=O)NC4Cc5ccccc5C4)cc32)c1. The van der Waals surface area contributed by atoms with Crippen LogP contribution in [0.3, 0.4) is 0 Å². The fourth-order valence-corrected chi connectivity index (χ4v) is 4.69. The van der Waals surface area contributed by atoms with E-state index >= 15 is 0 Å². The van der Waals surface area contributed by atoms with E-state index in [1.165, 1.54) is 16.7 Å². The minimum Gasteiger partial charge on any atom is -0.367 e. The van der Waals surface area contributed by atoms with E-state index in [-0.39, 0.29) is 11.9 Å². The molecule has 0 spiro atoms. The number of anilines is 2. The van der Waals surface area contributed by atoms with Crippen molar-refractivity contribution in [3.8, 4) is 0 Å². The lowest BCUT2D eigenvalue weighted by Crippen LogP contribution is -2.37. The minimum atomic E-state index is -0.0767. The van der Waals surface area contributed by atoms with Gasteiger partial charge in [0.05, 0.1) is 11.3 Å². The molecule has 2 aromatic carbocycles. The average molecular weight is 433 g/mol. The quantitative estimate of drug-likeness (QED) is 0.642. The summed E-state index contributed by atoms with van der Waals surface area (Å²) < 4.78 is 0. The average Bonchev–Trinajstić information content (AvgIpc) is 3.18. The fourth-order valence-electron chi connectivity index (χ4n) is 4.51. The molecule has 1 aromatic heterocycles. The summed E-state index contributed by atoms with van der Waals surface area (Å²) in [6.07, 6.45) is 3.41. The molecule has 0 atom stereocenters. The van der Waals surface area contributed by atoms with Crippen LogP contribution in [-0.2, 0) is 19.4 Å². The Morgan fingerprint density at radius 3 is 2.74 bits per heavy atom. The standard InChI is InChI=1S/C25H25ClN4O/c1-16-6-7-22(26)20(10-16)15-30-9-8-27-24-23(30)13-19(14-28-24)25(31)29-21-11-17-4-2-3-5-18(17)12-21/h2-7,10,13-14,21H,8-9,11-12,15H2,1H3,(H,27,28)(H,29,31). The molecule has 6 heteroatoms. The number of aryl methyl sites for hydroxylation is 1. The molecule has 0 bridgehead atoms. The number of benzene rings is 2. The van der Waals surface area contributed by atoms with Gasteiger partial charge < -0.3 is 15.5 Å². The van der Waals surface area contributed by atoms with Crippen LogP contribution < -0.4 is 15.5 Å². The van der Waals surface area contributed by atoms with Crippen molar-refractivity contribution < 1.29 is 4.79 Å². The van der Waals surface area contributed by atoms with Gasteiger partial charge in [-0.15, -0.1) is 0 Å². The van der Waals surface area contributed by atoms with E-state index in [2.05, 4.69) is 57.8 Å². The first-order valence-corrected chi connectivity index (χ1v) is 11.1. The maximum absolute atomic E-state index is 13.0. The highest BCUT2D eigenvalue weighted by atomic mass is 35.5. The second-order valence-corrected chi connectivity index (χ2v) is 8.79. The van der Waals surface area contributed by atoms with Crippen molar-refractivity contribution in [2.45, 2.75) is 32.4 Å². The van der Waals surface area contributed by atoms with Crippen molar-refractivity contribution >= 4 is 29.0 Å². The number of amides is 1. The van der Waals surface area contributed by atoms with Crippen molar-refractivity contribution in [3.05, 3.63) is 87.6 Å². The third kappa shape index (κ3) is 4.10. The molecule has 3 aromatic rings. The number of hydrogen-bond donors (Lipinski definition) is 2. The van der Waals surface area contributed by atoms with E-state index in [0.29, 0.717) is 12.1 Å². The molecule has 2 N–H and O–H groups in total. The Balaban J connectivity index is 1.34. The molecule has 0 unspecified atom stereocenters. The number of nitrogens with one attached hydrogen (secondary N) is 2. The summed E-state index contributed by atoms with van der Waals surface area (Å²) >= 11 is 6.44. The molecule has 2 aliphatic rings. The van der Waals surface area contributed by atoms with Gasteiger partial charge in [0.1, 0.15) is 5.82 Å². The van der Waals surface area contributed by atoms with Crippen LogP contribution >= 0.6 is 11.6 Å². The van der Waals surface area contributed by atoms with Crippen LogP contribution in [0.25, 0.3) is 0 Å². The summed E-state index contributed by atoms with van der Waals surface area (Å²) in [5.41, 5.74) is 6.42. The third-order valence-corrected chi connectivity index (χ3v) is 6.46. The molecule has 1 amide bonds. The fraction of sp³-hybridized carbons (Fsp3) is 0.280. The number of rotatable bonds is 4. The van der Waals surface area contributed by atoms with Gasteiger partial charge >= 0.3 is 0 Å². The number of aromatic nitrogens is 1. The molecule has 2 heterocycles. The van der Waals surface area contributed by atoms with E-state index < -0.39 is 0 Å². The molecular weight excluding hydrogens is 408 g/mol. The van der Waals surface area contributed by atoms with Crippen LogP contribution in [0.2, 0.25) is 5.02 Å². The first-order chi connectivity index (χ1) is 15.1. The Morgan fingerprint density at radius 2 is 1.97 bits per heavy atom. The van der Waals surface area contributed by atoms with Crippen LogP contribution in [0.4, 0.5) is 11.5 Å². The van der Waals surface area contributed by atoms with E-state index in [1.54, 1.807) is 6.20 Å². The molecule has 0 radical (unpaired) electrons. The van der Waals surface area contributed by atoms with Crippen LogP contribution in [0.5, 0.6) is 0 Å². The largest absolute Gasteiger partial charge is 0.367 e. The maximum Gasteiger partial charge on any atom is 0.253 e. The second kappa shape index (κ2) is 8.23. The summed E-state index contributed by atoms with van der Waals surface area (Å²) in [5.74, 6) is 0.729. The zero-order valence-electron chi connectivity index (χ0n) is 17.5. The van der Waals surface area contributed by atoms with Gasteiger partial charge in [-0.25, -0.2) is 4.98 Å². The number of carbonyl (C=O) groups excluding carboxylic acids is 1. The van der Waals surface area contributed by atoms with Crippen LogP contribution in [0, 0.1) is 6.92 Å². The van der Waals surface area contributed by atoms with Gasteiger partial charge in [-0.3, -0.25) is 4.79 Å². The Labute approximate surface area is 187 Å². The van der Waals surface area contributed by atoms with E-state index in [0.717, 1.165) is 48.0 Å². The zero-order valence-corrected chi connectivity index (χ0v) is 18.2. The maximum atomic E-state index is 13.0. The number of hydrogen-bond acceptors (Lipinski definition) is 4. The number of fused-ring (bicyclic) bond motifs is 2. The molecular formula is C25H25ClN4O. The molecule has 0 saturated heterocycles. The number of nitrogens with zero attached hydrogens (tertiary/aromatic N) is 2. The summed E-state index contributed by atoms with van der Waals surface area (Å²) in [6.45, 7) is 4.37. The predicted octanol–water partition coefficient (Wildman–Crippen LogP) is 4.37. The lowest BCUT2D eigenvalue weighted by Gasteiger charge is -2.32. The molecule has 31 heavy (non-hydrogen) atoms. The van der Waals surface area contributed by atoms with Crippen molar-refractivity contribution in [1.82, 2.24) is 10.3 Å². The van der Waals surface area contributed by atoms with Crippen LogP contribution in [-0.4, -0.2) is 30.0 Å². The number of halogens is 1. The molecule has 1 aliphatic heterocycles. The van der Waals surface area contributed by atoms with Crippen molar-refractivity contribution in [3.63, 3.8) is 0 Å². The van der Waals surface area contributed by atoms with Crippen LogP contribution in [0.1, 0.15) is 32.6 Å². The van der Waals surface area contributed by atoms with Gasteiger partial charge in [-0.1, -0.05) is 53.6 Å². The lowest BCUT2D eigenvalue weighted by molar-refractivity contribution is 0.0938. The first-order valence-electron chi connectivity index (χ1n) is 10.7. The second-order valence-electron chi connectivity index (χ2n) is 8.38. The van der Waals surface area contributed by atoms with Crippen LogP contribution in [0.15, 0.2) is 54.7 Å². The Morgan fingerprint density at radius 1 is 1.19 bits per heavy atom. The topological polar surface area (TPSA) is 57.3 Å². The van der Waals surface area contributed by atoms with E-state index in [1.807, 2.05) is 18.2 Å². The lowest BCUT2D eigenvalue weighted by atomic mass is 10.1. The molecule has 0 fully saturated rings. The molecule has 5 nitrogen and oxygen atoms in total. The monoisotopic (exact) mass is 432 g/mol. The number of carbonyl (C=O) groups is 1. The van der Waals surface area contributed by atoms with Crippen molar-refractivity contribution in [1.29, 1.82) is 0 Å². The molecule has 0 saturated carbocycles. The van der Waals surface area contributed by atoms with E-state index in [9.17, 15) is 4.79 Å². The summed E-state index contributed by atoms with van der Waals surface area (Å²) in [7, 11) is 0. The smallest absolute Gasteiger partial charge is 0.253 e. The highest BCUT2D eigenvalue weighted by Crippen LogP contribution is 2.31. The van der Waals surface area contributed by atoms with Crippen molar-refractivity contribution in [2.24, 2.45) is 0 Å². The Bertz CT molecular complexity index is 1120. The predicted molar refractivity (Wildman–Crippen MR) is 125 cm³/mol. The van der Waals surface area contributed by atoms with Gasteiger partial charge in [0, 0.05) is 36.9 Å². The van der Waals surface area contributed by atoms with Gasteiger partial charge in [-0.2, -0.15) is 0 Å². The summed E-state index contributed by atoms with van der Waals surface area (Å²) in [6, 6.07) is 16.5. The summed E-state index contributed by atoms with van der Waals surface area (Å²) in [4.78, 5) is 19.8. The minimum absolute atomic E-state index is 0.0767. The van der Waals surface area contributed by atoms with Crippen molar-refractivity contribution in [2.75, 3.05) is 23.3 Å². The van der Waals surface area contributed by atoms with Gasteiger partial charge in [0.25, 0.3) is 5.91 Å². The first kappa shape index (κ1) is 19.9. The van der Waals surface area contributed by atoms with Gasteiger partial charge in [0.15, 0.2) is 0 Å². The molecule has 1 aliphatic carbocycles. The normalized spacial score (nSPS) is 15.2. The molecule has 5 rings (SSSR count). The highest BCUT2D eigenvalue weighted by molar-refractivity contribution is 6.31. The zero-order chi connectivity index (χ0) is 21.4. The Kier molecular flexibility index (Phi) is 5.28. The third-order valence-electron chi connectivity index (χ3n) is 6.09.